The summed E-state index contributed by atoms with van der Waals surface area (Å²) in [4.78, 5) is 0. The van der Waals surface area contributed by atoms with E-state index in [1.165, 1.54) is 42.4 Å². The van der Waals surface area contributed by atoms with Crippen molar-refractivity contribution in [1.29, 1.82) is 0 Å². The summed E-state index contributed by atoms with van der Waals surface area (Å²) >= 11 is 0. The van der Waals surface area contributed by atoms with E-state index in [9.17, 15) is 10.2 Å². The second-order valence-electron chi connectivity index (χ2n) is 5.91. The average molecular weight is 262 g/mol. The van der Waals surface area contributed by atoms with Crippen molar-refractivity contribution in [3.05, 3.63) is 34.9 Å². The third-order valence-corrected chi connectivity index (χ3v) is 4.40. The zero-order valence-corrected chi connectivity index (χ0v) is 12.1. The van der Waals surface area contributed by atoms with Crippen LogP contribution in [0.4, 0.5) is 0 Å². The predicted octanol–water partition coefficient (Wildman–Crippen LogP) is 3.19. The van der Waals surface area contributed by atoms with E-state index in [1.54, 1.807) is 0 Å². The van der Waals surface area contributed by atoms with Gasteiger partial charge in [-0.2, -0.15) is 0 Å². The zero-order chi connectivity index (χ0) is 13.8. The number of hydrogen-bond donors (Lipinski definition) is 2. The molecule has 0 bridgehead atoms. The van der Waals surface area contributed by atoms with Gasteiger partial charge in [0.05, 0.1) is 12.2 Å². The summed E-state index contributed by atoms with van der Waals surface area (Å²) < 4.78 is 0. The summed E-state index contributed by atoms with van der Waals surface area (Å²) in [6.07, 6.45) is 5.03. The van der Waals surface area contributed by atoms with Crippen LogP contribution in [-0.2, 0) is 12.8 Å². The van der Waals surface area contributed by atoms with Crippen LogP contribution in [0.5, 0.6) is 0 Å². The minimum atomic E-state index is -0.615. The molecule has 0 fully saturated rings. The summed E-state index contributed by atoms with van der Waals surface area (Å²) in [6.45, 7) is 4.04. The summed E-state index contributed by atoms with van der Waals surface area (Å²) in [7, 11) is 0. The lowest BCUT2D eigenvalue weighted by atomic mass is 9.86. The molecule has 2 nitrogen and oxygen atoms in total. The molecule has 2 heteroatoms. The van der Waals surface area contributed by atoms with Crippen molar-refractivity contribution in [2.45, 2.75) is 70.5 Å². The van der Waals surface area contributed by atoms with Crippen molar-refractivity contribution in [2.24, 2.45) is 0 Å². The molecule has 1 aromatic carbocycles. The molecule has 0 radical (unpaired) electrons. The van der Waals surface area contributed by atoms with Gasteiger partial charge in [0.25, 0.3) is 0 Å². The molecule has 19 heavy (non-hydrogen) atoms. The Hall–Kier alpha value is -0.860. The highest BCUT2D eigenvalue weighted by Gasteiger charge is 2.19. The number of benzene rings is 1. The van der Waals surface area contributed by atoms with Crippen molar-refractivity contribution < 1.29 is 10.2 Å². The lowest BCUT2D eigenvalue weighted by Crippen LogP contribution is -2.26. The third-order valence-electron chi connectivity index (χ3n) is 4.40. The topological polar surface area (TPSA) is 40.5 Å². The van der Waals surface area contributed by atoms with E-state index >= 15 is 0 Å². The van der Waals surface area contributed by atoms with Crippen LogP contribution in [0.3, 0.4) is 0 Å². The number of fused-ring (bicyclic) bond motifs is 1. The predicted molar refractivity (Wildman–Crippen MR) is 78.4 cm³/mol. The number of aliphatic hydroxyl groups excluding tert-OH is 2. The molecule has 0 aromatic heterocycles. The van der Waals surface area contributed by atoms with Gasteiger partial charge in [-0.1, -0.05) is 32.0 Å². The minimum Gasteiger partial charge on any atom is -0.390 e. The molecule has 3 atom stereocenters. The van der Waals surface area contributed by atoms with Crippen LogP contribution >= 0.6 is 0 Å². The van der Waals surface area contributed by atoms with Gasteiger partial charge in [0.2, 0.25) is 0 Å². The standard InChI is InChI=1S/C17H26O2/c1-3-16(18)17(19)10-12(2)14-9-8-13-6-4-5-7-15(13)11-14/h8-9,11-12,16-19H,3-7,10H2,1-2H3. The Bertz CT molecular complexity index is 414. The Morgan fingerprint density at radius 3 is 2.42 bits per heavy atom. The highest BCUT2D eigenvalue weighted by Crippen LogP contribution is 2.28. The molecular weight excluding hydrogens is 236 g/mol. The van der Waals surface area contributed by atoms with E-state index in [1.807, 2.05) is 6.92 Å². The van der Waals surface area contributed by atoms with Crippen LogP contribution in [-0.4, -0.2) is 22.4 Å². The fraction of sp³-hybridized carbons (Fsp3) is 0.647. The molecule has 0 saturated heterocycles. The highest BCUT2D eigenvalue weighted by molar-refractivity contribution is 5.35. The normalized spacial score (nSPS) is 19.6. The van der Waals surface area contributed by atoms with Crippen molar-refractivity contribution in [3.8, 4) is 0 Å². The molecule has 0 amide bonds. The van der Waals surface area contributed by atoms with Crippen LogP contribution in [0, 0.1) is 0 Å². The van der Waals surface area contributed by atoms with E-state index < -0.39 is 12.2 Å². The van der Waals surface area contributed by atoms with Gasteiger partial charge < -0.3 is 10.2 Å². The van der Waals surface area contributed by atoms with Crippen LogP contribution in [0.2, 0.25) is 0 Å². The molecule has 0 spiro atoms. The maximum absolute atomic E-state index is 9.94. The fourth-order valence-corrected chi connectivity index (χ4v) is 2.99. The number of aryl methyl sites for hydroxylation is 2. The number of rotatable bonds is 5. The SMILES string of the molecule is CCC(O)C(O)CC(C)c1ccc2c(c1)CCCC2. The molecule has 1 aromatic rings. The summed E-state index contributed by atoms with van der Waals surface area (Å²) in [6, 6.07) is 6.76. The van der Waals surface area contributed by atoms with Gasteiger partial charge in [0, 0.05) is 0 Å². The Kier molecular flexibility index (Phi) is 5.00. The van der Waals surface area contributed by atoms with Gasteiger partial charge in [-0.3, -0.25) is 0 Å². The zero-order valence-electron chi connectivity index (χ0n) is 12.1. The molecule has 0 aliphatic heterocycles. The first kappa shape index (κ1) is 14.5. The Morgan fingerprint density at radius 1 is 1.05 bits per heavy atom. The smallest absolute Gasteiger partial charge is 0.0804 e. The monoisotopic (exact) mass is 262 g/mol. The Labute approximate surface area is 116 Å². The van der Waals surface area contributed by atoms with Crippen molar-refractivity contribution in [3.63, 3.8) is 0 Å². The molecule has 2 rings (SSSR count). The first-order valence-corrected chi connectivity index (χ1v) is 7.59. The second-order valence-corrected chi connectivity index (χ2v) is 5.91. The molecule has 3 unspecified atom stereocenters. The maximum atomic E-state index is 9.94. The van der Waals surface area contributed by atoms with E-state index in [0.29, 0.717) is 18.8 Å². The van der Waals surface area contributed by atoms with Crippen LogP contribution < -0.4 is 0 Å². The lowest BCUT2D eigenvalue weighted by molar-refractivity contribution is 0.00953. The van der Waals surface area contributed by atoms with Gasteiger partial charge in [-0.05, 0) is 61.1 Å². The van der Waals surface area contributed by atoms with Gasteiger partial charge in [-0.15, -0.1) is 0 Å². The number of hydrogen-bond acceptors (Lipinski definition) is 2. The quantitative estimate of drug-likeness (QED) is 0.855. The summed E-state index contributed by atoms with van der Waals surface area (Å²) in [5, 5.41) is 19.6. The molecule has 1 aliphatic rings. The molecule has 106 valence electrons. The van der Waals surface area contributed by atoms with Crippen molar-refractivity contribution in [1.82, 2.24) is 0 Å². The Balaban J connectivity index is 2.05. The summed E-state index contributed by atoms with van der Waals surface area (Å²) in [5.74, 6) is 0.295. The lowest BCUT2D eigenvalue weighted by Gasteiger charge is -2.22. The average Bonchev–Trinajstić information content (AvgIpc) is 2.45. The first-order valence-electron chi connectivity index (χ1n) is 7.59. The Morgan fingerprint density at radius 2 is 1.74 bits per heavy atom. The third kappa shape index (κ3) is 3.58. The van der Waals surface area contributed by atoms with Crippen LogP contribution in [0.1, 0.15) is 62.1 Å². The minimum absolute atomic E-state index is 0.295. The van der Waals surface area contributed by atoms with E-state index in [0.717, 1.165) is 0 Å². The van der Waals surface area contributed by atoms with Gasteiger partial charge in [0.15, 0.2) is 0 Å². The number of aliphatic hydroxyl groups is 2. The largest absolute Gasteiger partial charge is 0.390 e. The van der Waals surface area contributed by atoms with Crippen molar-refractivity contribution in [2.75, 3.05) is 0 Å². The summed E-state index contributed by atoms with van der Waals surface area (Å²) in [5.41, 5.74) is 4.28. The molecule has 0 heterocycles. The van der Waals surface area contributed by atoms with Crippen LogP contribution in [0.15, 0.2) is 18.2 Å². The second kappa shape index (κ2) is 6.53. The highest BCUT2D eigenvalue weighted by atomic mass is 16.3. The van der Waals surface area contributed by atoms with Gasteiger partial charge in [-0.25, -0.2) is 0 Å². The molecular formula is C17H26O2. The molecule has 2 N–H and O–H groups in total. The maximum Gasteiger partial charge on any atom is 0.0804 e. The van der Waals surface area contributed by atoms with E-state index in [2.05, 4.69) is 25.1 Å². The van der Waals surface area contributed by atoms with E-state index in [4.69, 9.17) is 0 Å². The molecule has 1 aliphatic carbocycles. The fourth-order valence-electron chi connectivity index (χ4n) is 2.99. The van der Waals surface area contributed by atoms with E-state index in [-0.39, 0.29) is 0 Å². The van der Waals surface area contributed by atoms with Crippen molar-refractivity contribution >= 4 is 0 Å². The van der Waals surface area contributed by atoms with Gasteiger partial charge in [0.1, 0.15) is 0 Å². The van der Waals surface area contributed by atoms with Crippen LogP contribution in [0.25, 0.3) is 0 Å². The molecule has 0 saturated carbocycles. The van der Waals surface area contributed by atoms with Gasteiger partial charge >= 0.3 is 0 Å². The first-order chi connectivity index (χ1) is 9.11.